The summed E-state index contributed by atoms with van der Waals surface area (Å²) in [5.74, 6) is 0.286. The smallest absolute Gasteiger partial charge is 0.337 e. The molecule has 0 bridgehead atoms. The summed E-state index contributed by atoms with van der Waals surface area (Å²) in [6.45, 7) is 2.06. The van der Waals surface area contributed by atoms with Crippen molar-refractivity contribution in [2.24, 2.45) is 0 Å². The van der Waals surface area contributed by atoms with Crippen LogP contribution in [0.2, 0.25) is 5.02 Å². The van der Waals surface area contributed by atoms with Crippen LogP contribution in [0.3, 0.4) is 0 Å². The van der Waals surface area contributed by atoms with Crippen LogP contribution in [0.4, 0.5) is 0 Å². The van der Waals surface area contributed by atoms with E-state index in [4.69, 9.17) is 16.7 Å². The highest BCUT2D eigenvalue weighted by atomic mass is 35.5. The number of benzene rings is 1. The van der Waals surface area contributed by atoms with Crippen molar-refractivity contribution in [1.82, 2.24) is 0 Å². The third kappa shape index (κ3) is 4.22. The molecule has 94 valence electrons. The second kappa shape index (κ2) is 6.89. The molecule has 1 rings (SSSR count). The molecule has 3 nitrogen and oxygen atoms in total. The van der Waals surface area contributed by atoms with Crippen LogP contribution in [-0.4, -0.2) is 30.0 Å². The van der Waals surface area contributed by atoms with Crippen LogP contribution in [0.25, 0.3) is 0 Å². The minimum Gasteiger partial charge on any atom is -0.465 e. The molecular formula is C12H15ClO3S. The zero-order chi connectivity index (χ0) is 12.8. The molecule has 0 saturated heterocycles. The van der Waals surface area contributed by atoms with E-state index in [1.807, 2.05) is 6.92 Å². The molecule has 1 aromatic rings. The minimum absolute atomic E-state index is 0.124. The third-order valence-electron chi connectivity index (χ3n) is 2.25. The molecule has 0 spiro atoms. The zero-order valence-electron chi connectivity index (χ0n) is 9.77. The van der Waals surface area contributed by atoms with Gasteiger partial charge >= 0.3 is 5.97 Å². The van der Waals surface area contributed by atoms with Crippen LogP contribution in [0, 0.1) is 0 Å². The summed E-state index contributed by atoms with van der Waals surface area (Å²) in [6.07, 6.45) is 0. The third-order valence-corrected chi connectivity index (χ3v) is 3.81. The number of rotatable bonds is 5. The van der Waals surface area contributed by atoms with Crippen LogP contribution in [0.5, 0.6) is 0 Å². The monoisotopic (exact) mass is 274 g/mol. The first-order valence-corrected chi connectivity index (χ1v) is 6.60. The number of halogens is 1. The number of hydrogen-bond donors (Lipinski definition) is 1. The fourth-order valence-corrected chi connectivity index (χ4v) is 2.29. The van der Waals surface area contributed by atoms with E-state index in [1.54, 1.807) is 30.0 Å². The van der Waals surface area contributed by atoms with E-state index in [1.165, 1.54) is 7.11 Å². The van der Waals surface area contributed by atoms with Gasteiger partial charge in [-0.25, -0.2) is 4.79 Å². The van der Waals surface area contributed by atoms with Crippen molar-refractivity contribution in [3.63, 3.8) is 0 Å². The van der Waals surface area contributed by atoms with E-state index < -0.39 is 0 Å². The lowest BCUT2D eigenvalue weighted by Crippen LogP contribution is -2.04. The van der Waals surface area contributed by atoms with E-state index in [0.29, 0.717) is 16.3 Å². The highest BCUT2D eigenvalue weighted by Gasteiger charge is 2.10. The quantitative estimate of drug-likeness (QED) is 0.839. The van der Waals surface area contributed by atoms with Crippen LogP contribution in [0.15, 0.2) is 18.2 Å². The number of hydrogen-bond acceptors (Lipinski definition) is 4. The van der Waals surface area contributed by atoms with Gasteiger partial charge in [-0.3, -0.25) is 0 Å². The average Bonchev–Trinajstić information content (AvgIpc) is 2.36. The van der Waals surface area contributed by atoms with Crippen molar-refractivity contribution in [1.29, 1.82) is 0 Å². The summed E-state index contributed by atoms with van der Waals surface area (Å²) < 4.78 is 4.65. The molecule has 0 amide bonds. The Hall–Kier alpha value is -0.710. The maximum Gasteiger partial charge on any atom is 0.337 e. The fraction of sp³-hybridized carbons (Fsp3) is 0.417. The van der Waals surface area contributed by atoms with E-state index in [2.05, 4.69) is 4.74 Å². The molecule has 5 heteroatoms. The van der Waals surface area contributed by atoms with Gasteiger partial charge in [0.25, 0.3) is 0 Å². The van der Waals surface area contributed by atoms with Crippen LogP contribution < -0.4 is 0 Å². The lowest BCUT2D eigenvalue weighted by Gasteiger charge is -2.10. The number of aliphatic hydroxyl groups is 1. The topological polar surface area (TPSA) is 46.5 Å². The molecule has 0 aliphatic heterocycles. The van der Waals surface area contributed by atoms with Crippen molar-refractivity contribution < 1.29 is 14.6 Å². The standard InChI is InChI=1S/C12H15ClO3S/c1-8(6-14)17-7-10-5-9(12(15)16-2)3-4-11(10)13/h3-5,8,14H,6-7H2,1-2H3/t8-/m1/s1. The lowest BCUT2D eigenvalue weighted by molar-refractivity contribution is 0.0600. The number of methoxy groups -OCH3 is 1. The summed E-state index contributed by atoms with van der Waals surface area (Å²) in [7, 11) is 1.35. The molecule has 0 saturated carbocycles. The predicted octanol–water partition coefficient (Wildman–Crippen LogP) is 2.74. The maximum atomic E-state index is 11.4. The van der Waals surface area contributed by atoms with E-state index in [9.17, 15) is 4.79 Å². The predicted molar refractivity (Wildman–Crippen MR) is 70.6 cm³/mol. The Bertz CT molecular complexity index is 395. The van der Waals surface area contributed by atoms with Gasteiger partial charge in [0.15, 0.2) is 0 Å². The maximum absolute atomic E-state index is 11.4. The Morgan fingerprint density at radius 3 is 2.88 bits per heavy atom. The molecule has 0 fully saturated rings. The number of ether oxygens (including phenoxy) is 1. The minimum atomic E-state index is -0.372. The molecule has 17 heavy (non-hydrogen) atoms. The number of thioether (sulfide) groups is 1. The lowest BCUT2D eigenvalue weighted by atomic mass is 10.1. The van der Waals surface area contributed by atoms with Crippen molar-refractivity contribution in [3.05, 3.63) is 34.3 Å². The molecule has 0 aromatic heterocycles. The molecule has 0 aliphatic rings. The fourth-order valence-electron chi connectivity index (χ4n) is 1.21. The average molecular weight is 275 g/mol. The summed E-state index contributed by atoms with van der Waals surface area (Å²) in [5.41, 5.74) is 1.36. The molecule has 0 aliphatic carbocycles. The van der Waals surface area contributed by atoms with Gasteiger partial charge in [-0.15, -0.1) is 0 Å². The van der Waals surface area contributed by atoms with E-state index >= 15 is 0 Å². The Morgan fingerprint density at radius 2 is 2.29 bits per heavy atom. The summed E-state index contributed by atoms with van der Waals surface area (Å²) in [6, 6.07) is 5.05. The molecule has 1 atom stereocenters. The molecule has 0 unspecified atom stereocenters. The SMILES string of the molecule is COC(=O)c1ccc(Cl)c(CS[C@H](C)CO)c1. The summed E-state index contributed by atoms with van der Waals surface area (Å²) >= 11 is 7.63. The normalized spacial score (nSPS) is 12.2. The van der Waals surface area contributed by atoms with Gasteiger partial charge in [0.05, 0.1) is 19.3 Å². The first-order valence-electron chi connectivity index (χ1n) is 5.17. The Labute approximate surface area is 110 Å². The molecule has 0 radical (unpaired) electrons. The summed E-state index contributed by atoms with van der Waals surface area (Å²) in [4.78, 5) is 11.4. The highest BCUT2D eigenvalue weighted by Crippen LogP contribution is 2.25. The molecule has 1 aromatic carbocycles. The second-order valence-corrected chi connectivity index (χ2v) is 5.44. The number of carbonyl (C=O) groups excluding carboxylic acids is 1. The van der Waals surface area contributed by atoms with Crippen molar-refractivity contribution in [2.45, 2.75) is 17.9 Å². The van der Waals surface area contributed by atoms with Crippen LogP contribution >= 0.6 is 23.4 Å². The first kappa shape index (κ1) is 14.4. The first-order chi connectivity index (χ1) is 8.08. The Morgan fingerprint density at radius 1 is 1.59 bits per heavy atom. The van der Waals surface area contributed by atoms with Crippen LogP contribution in [-0.2, 0) is 10.5 Å². The van der Waals surface area contributed by atoms with Gasteiger partial charge in [-0.2, -0.15) is 11.8 Å². The number of aliphatic hydroxyl groups excluding tert-OH is 1. The van der Waals surface area contributed by atoms with Crippen molar-refractivity contribution in [3.8, 4) is 0 Å². The van der Waals surface area contributed by atoms with E-state index in [0.717, 1.165) is 5.56 Å². The van der Waals surface area contributed by atoms with Gasteiger partial charge in [0.1, 0.15) is 0 Å². The van der Waals surface area contributed by atoms with Gasteiger partial charge in [-0.05, 0) is 23.8 Å². The molecular weight excluding hydrogens is 260 g/mol. The Balaban J connectivity index is 2.80. The zero-order valence-corrected chi connectivity index (χ0v) is 11.3. The van der Waals surface area contributed by atoms with Crippen molar-refractivity contribution in [2.75, 3.05) is 13.7 Å². The second-order valence-electron chi connectivity index (χ2n) is 3.60. The van der Waals surface area contributed by atoms with Gasteiger partial charge in [0, 0.05) is 16.0 Å². The van der Waals surface area contributed by atoms with Crippen molar-refractivity contribution >= 4 is 29.3 Å². The largest absolute Gasteiger partial charge is 0.465 e. The highest BCUT2D eigenvalue weighted by molar-refractivity contribution is 7.99. The Kier molecular flexibility index (Phi) is 5.82. The van der Waals surface area contributed by atoms with Gasteiger partial charge in [0.2, 0.25) is 0 Å². The van der Waals surface area contributed by atoms with E-state index in [-0.39, 0.29) is 17.8 Å². The van der Waals surface area contributed by atoms with Gasteiger partial charge in [-0.1, -0.05) is 18.5 Å². The summed E-state index contributed by atoms with van der Waals surface area (Å²) in [5, 5.41) is 9.70. The van der Waals surface area contributed by atoms with Crippen LogP contribution in [0.1, 0.15) is 22.8 Å². The van der Waals surface area contributed by atoms with Gasteiger partial charge < -0.3 is 9.84 Å². The molecule has 1 N–H and O–H groups in total. The number of carbonyl (C=O) groups is 1. The number of esters is 1. The molecule has 0 heterocycles.